The topological polar surface area (TPSA) is 57.6 Å². The minimum Gasteiger partial charge on any atom is -0.480 e. The second-order valence-corrected chi connectivity index (χ2v) is 4.94. The molecule has 1 aromatic carbocycles. The molecule has 104 valence electrons. The van der Waals surface area contributed by atoms with Crippen LogP contribution in [0.1, 0.15) is 25.8 Å². The first-order valence-electron chi connectivity index (χ1n) is 5.99. The Bertz CT molecular complexity index is 468. The van der Waals surface area contributed by atoms with Crippen molar-refractivity contribution in [2.45, 2.75) is 32.2 Å². The van der Waals surface area contributed by atoms with Crippen LogP contribution in [-0.2, 0) is 16.0 Å². The van der Waals surface area contributed by atoms with Gasteiger partial charge in [-0.15, -0.1) is 0 Å². The maximum Gasteiger partial charge on any atom is 0.329 e. The van der Waals surface area contributed by atoms with Crippen LogP contribution in [0.15, 0.2) is 24.3 Å². The predicted molar refractivity (Wildman–Crippen MR) is 69.2 cm³/mol. The number of carbonyl (C=O) groups excluding carboxylic acids is 1. The van der Waals surface area contributed by atoms with E-state index in [1.165, 1.54) is 37.9 Å². The van der Waals surface area contributed by atoms with Crippen LogP contribution < -0.4 is 0 Å². The quantitative estimate of drug-likeness (QED) is 0.888. The van der Waals surface area contributed by atoms with Crippen LogP contribution in [0, 0.1) is 5.82 Å². The lowest BCUT2D eigenvalue weighted by Gasteiger charge is -2.31. The Labute approximate surface area is 111 Å². The van der Waals surface area contributed by atoms with Crippen molar-refractivity contribution < 1.29 is 19.1 Å². The standard InChI is InChI=1S/C14H18FNO3/c1-14(2,13(18)19)16(3)12(17)9-6-10-4-7-11(15)8-5-10/h4-5,7-8H,6,9H2,1-3H3,(H,18,19). The SMILES string of the molecule is CN(C(=O)CCc1ccc(F)cc1)C(C)(C)C(=O)O. The second-order valence-electron chi connectivity index (χ2n) is 4.94. The van der Waals surface area contributed by atoms with E-state index in [0.29, 0.717) is 6.42 Å². The van der Waals surface area contributed by atoms with Gasteiger partial charge >= 0.3 is 5.97 Å². The molecular weight excluding hydrogens is 249 g/mol. The number of hydrogen-bond donors (Lipinski definition) is 1. The van der Waals surface area contributed by atoms with Gasteiger partial charge in [0.05, 0.1) is 0 Å². The molecule has 0 unspecified atom stereocenters. The van der Waals surface area contributed by atoms with E-state index in [1.54, 1.807) is 12.1 Å². The first-order chi connectivity index (χ1) is 8.75. The minimum atomic E-state index is -1.24. The van der Waals surface area contributed by atoms with Crippen LogP contribution >= 0.6 is 0 Å². The summed E-state index contributed by atoms with van der Waals surface area (Å²) in [6.45, 7) is 2.95. The van der Waals surface area contributed by atoms with E-state index in [2.05, 4.69) is 0 Å². The monoisotopic (exact) mass is 267 g/mol. The zero-order chi connectivity index (χ0) is 14.6. The number of hydrogen-bond acceptors (Lipinski definition) is 2. The van der Waals surface area contributed by atoms with Gasteiger partial charge in [0.25, 0.3) is 0 Å². The van der Waals surface area contributed by atoms with Gasteiger partial charge < -0.3 is 10.0 Å². The van der Waals surface area contributed by atoms with Crippen LogP contribution in [-0.4, -0.2) is 34.5 Å². The second kappa shape index (κ2) is 5.82. The number of aryl methyl sites for hydroxylation is 1. The van der Waals surface area contributed by atoms with Gasteiger partial charge in [-0.25, -0.2) is 9.18 Å². The highest BCUT2D eigenvalue weighted by Gasteiger charge is 2.34. The van der Waals surface area contributed by atoms with E-state index in [-0.39, 0.29) is 18.1 Å². The van der Waals surface area contributed by atoms with Gasteiger partial charge in [-0.3, -0.25) is 4.79 Å². The summed E-state index contributed by atoms with van der Waals surface area (Å²) in [7, 11) is 1.47. The highest BCUT2D eigenvalue weighted by molar-refractivity contribution is 5.86. The third-order valence-corrected chi connectivity index (χ3v) is 3.28. The van der Waals surface area contributed by atoms with E-state index >= 15 is 0 Å². The zero-order valence-electron chi connectivity index (χ0n) is 11.3. The molecule has 0 aromatic heterocycles. The molecule has 4 nitrogen and oxygen atoms in total. The van der Waals surface area contributed by atoms with E-state index < -0.39 is 11.5 Å². The normalized spacial score (nSPS) is 11.2. The molecule has 1 rings (SSSR count). The van der Waals surface area contributed by atoms with Crippen molar-refractivity contribution in [2.75, 3.05) is 7.05 Å². The molecule has 0 heterocycles. The fraction of sp³-hybridized carbons (Fsp3) is 0.429. The maximum absolute atomic E-state index is 12.7. The van der Waals surface area contributed by atoms with Gasteiger partial charge in [-0.1, -0.05) is 12.1 Å². The van der Waals surface area contributed by atoms with Crippen LogP contribution in [0.4, 0.5) is 4.39 Å². The van der Waals surface area contributed by atoms with Gasteiger partial charge in [0.1, 0.15) is 11.4 Å². The largest absolute Gasteiger partial charge is 0.480 e. The van der Waals surface area contributed by atoms with Crippen molar-refractivity contribution in [1.29, 1.82) is 0 Å². The third-order valence-electron chi connectivity index (χ3n) is 3.28. The summed E-state index contributed by atoms with van der Waals surface area (Å²) in [4.78, 5) is 24.2. The molecule has 0 aliphatic carbocycles. The average molecular weight is 267 g/mol. The van der Waals surface area contributed by atoms with Crippen LogP contribution in [0.5, 0.6) is 0 Å². The van der Waals surface area contributed by atoms with Gasteiger partial charge in [-0.05, 0) is 38.0 Å². The predicted octanol–water partition coefficient (Wildman–Crippen LogP) is 2.08. The molecule has 1 amide bonds. The van der Waals surface area contributed by atoms with Crippen molar-refractivity contribution in [3.63, 3.8) is 0 Å². The van der Waals surface area contributed by atoms with E-state index in [9.17, 15) is 14.0 Å². The first-order valence-corrected chi connectivity index (χ1v) is 5.99. The van der Waals surface area contributed by atoms with Crippen molar-refractivity contribution in [3.8, 4) is 0 Å². The van der Waals surface area contributed by atoms with Gasteiger partial charge in [-0.2, -0.15) is 0 Å². The molecule has 0 fully saturated rings. The Kier molecular flexibility index (Phi) is 4.64. The van der Waals surface area contributed by atoms with E-state index in [1.807, 2.05) is 0 Å². The number of halogens is 1. The Morgan fingerprint density at radius 2 is 1.79 bits per heavy atom. The molecule has 0 aliphatic rings. The molecule has 19 heavy (non-hydrogen) atoms. The molecule has 0 saturated heterocycles. The van der Waals surface area contributed by atoms with Crippen molar-refractivity contribution >= 4 is 11.9 Å². The van der Waals surface area contributed by atoms with Crippen molar-refractivity contribution in [1.82, 2.24) is 4.90 Å². The molecule has 0 aliphatic heterocycles. The number of amides is 1. The number of benzene rings is 1. The molecule has 0 bridgehead atoms. The van der Waals surface area contributed by atoms with Gasteiger partial charge in [0, 0.05) is 13.5 Å². The van der Waals surface area contributed by atoms with Crippen molar-refractivity contribution in [3.05, 3.63) is 35.6 Å². The highest BCUT2D eigenvalue weighted by Crippen LogP contribution is 2.15. The van der Waals surface area contributed by atoms with Crippen LogP contribution in [0.25, 0.3) is 0 Å². The smallest absolute Gasteiger partial charge is 0.329 e. The lowest BCUT2D eigenvalue weighted by Crippen LogP contribution is -2.50. The third kappa shape index (κ3) is 3.77. The minimum absolute atomic E-state index is 0.193. The summed E-state index contributed by atoms with van der Waals surface area (Å²) < 4.78 is 12.7. The number of rotatable bonds is 5. The number of carboxylic acid groups (broad SMARTS) is 1. The molecular formula is C14H18FNO3. The lowest BCUT2D eigenvalue weighted by molar-refractivity contribution is -0.155. The van der Waals surface area contributed by atoms with Crippen LogP contribution in [0.2, 0.25) is 0 Å². The Morgan fingerprint density at radius 1 is 1.26 bits per heavy atom. The molecule has 1 N–H and O–H groups in total. The summed E-state index contributed by atoms with van der Waals surface area (Å²) in [5, 5.41) is 9.04. The number of nitrogens with zero attached hydrogens (tertiary/aromatic N) is 1. The van der Waals surface area contributed by atoms with Crippen LogP contribution in [0.3, 0.4) is 0 Å². The summed E-state index contributed by atoms with van der Waals surface area (Å²) in [6.07, 6.45) is 0.651. The van der Waals surface area contributed by atoms with Crippen molar-refractivity contribution in [2.24, 2.45) is 0 Å². The Morgan fingerprint density at radius 3 is 2.26 bits per heavy atom. The molecule has 1 aromatic rings. The fourth-order valence-electron chi connectivity index (χ4n) is 1.53. The van der Waals surface area contributed by atoms with Gasteiger partial charge in [0.15, 0.2) is 0 Å². The summed E-state index contributed by atoms with van der Waals surface area (Å²) in [5.41, 5.74) is -0.392. The van der Waals surface area contributed by atoms with Gasteiger partial charge in [0.2, 0.25) is 5.91 Å². The molecule has 0 saturated carbocycles. The summed E-state index contributed by atoms with van der Waals surface area (Å²) in [6, 6.07) is 5.91. The number of carboxylic acids is 1. The van der Waals surface area contributed by atoms with E-state index in [4.69, 9.17) is 5.11 Å². The number of likely N-dealkylation sites (N-methyl/N-ethyl adjacent to an activating group) is 1. The number of aliphatic carboxylic acids is 1. The fourth-order valence-corrected chi connectivity index (χ4v) is 1.53. The zero-order valence-corrected chi connectivity index (χ0v) is 11.3. The summed E-state index contributed by atoms with van der Waals surface area (Å²) >= 11 is 0. The molecule has 5 heteroatoms. The molecule has 0 atom stereocenters. The summed E-state index contributed by atoms with van der Waals surface area (Å²) in [5.74, 6) is -1.62. The lowest BCUT2D eigenvalue weighted by atomic mass is 10.0. The molecule has 0 radical (unpaired) electrons. The Hall–Kier alpha value is -1.91. The maximum atomic E-state index is 12.7. The first kappa shape index (κ1) is 15.1. The average Bonchev–Trinajstić information content (AvgIpc) is 2.36. The number of carbonyl (C=O) groups is 2. The van der Waals surface area contributed by atoms with E-state index in [0.717, 1.165) is 5.56 Å². The highest BCUT2D eigenvalue weighted by atomic mass is 19.1. The molecule has 0 spiro atoms. The Balaban J connectivity index is 2.61.